The Morgan fingerprint density at radius 1 is 1.50 bits per heavy atom. The molecular weight excluding hydrogens is 186 g/mol. The third-order valence-electron chi connectivity index (χ3n) is 1.79. The predicted octanol–water partition coefficient (Wildman–Crippen LogP) is -0.0953. The molecule has 0 saturated carbocycles. The maximum Gasteiger partial charge on any atom is 0.257 e. The average molecular weight is 201 g/mol. The fraction of sp³-hybridized carbons (Fsp3) is 0.750. The van der Waals surface area contributed by atoms with Crippen LogP contribution >= 0.6 is 0 Å². The van der Waals surface area contributed by atoms with E-state index in [0.29, 0.717) is 31.3 Å². The van der Waals surface area contributed by atoms with E-state index in [0.717, 1.165) is 0 Å². The summed E-state index contributed by atoms with van der Waals surface area (Å²) in [6.45, 7) is 0.891. The second kappa shape index (κ2) is 5.69. The molecule has 0 fully saturated rings. The van der Waals surface area contributed by atoms with Crippen LogP contribution in [0, 0.1) is 0 Å². The molecule has 6 nitrogen and oxygen atoms in total. The van der Waals surface area contributed by atoms with Crippen LogP contribution in [0.15, 0.2) is 4.52 Å². The van der Waals surface area contributed by atoms with Crippen LogP contribution in [-0.4, -0.2) is 37.5 Å². The highest BCUT2D eigenvalue weighted by molar-refractivity contribution is 4.91. The van der Waals surface area contributed by atoms with Crippen molar-refractivity contribution in [3.63, 3.8) is 0 Å². The van der Waals surface area contributed by atoms with Gasteiger partial charge in [0.25, 0.3) is 5.89 Å². The second-order valence-corrected chi connectivity index (χ2v) is 2.75. The van der Waals surface area contributed by atoms with Gasteiger partial charge in [0.05, 0.1) is 6.61 Å². The minimum Gasteiger partial charge on any atom is -0.384 e. The molecule has 1 rings (SSSR count). The first-order chi connectivity index (χ1) is 6.81. The zero-order valence-corrected chi connectivity index (χ0v) is 8.40. The molecule has 1 heterocycles. The number of ether oxygens (including phenoxy) is 2. The Labute approximate surface area is 82.4 Å². The Morgan fingerprint density at radius 2 is 2.29 bits per heavy atom. The molecule has 80 valence electrons. The first kappa shape index (κ1) is 11.1. The van der Waals surface area contributed by atoms with Crippen molar-refractivity contribution in [3.8, 4) is 0 Å². The molecule has 0 amide bonds. The number of hydrogen-bond donors (Lipinski definition) is 1. The third-order valence-corrected chi connectivity index (χ3v) is 1.79. The molecule has 1 atom stereocenters. The largest absolute Gasteiger partial charge is 0.384 e. The van der Waals surface area contributed by atoms with Gasteiger partial charge in [0.1, 0.15) is 6.10 Å². The van der Waals surface area contributed by atoms with E-state index < -0.39 is 0 Å². The van der Waals surface area contributed by atoms with Gasteiger partial charge >= 0.3 is 0 Å². The maximum atomic E-state index is 5.45. The Kier molecular flexibility index (Phi) is 4.51. The number of nitrogens with zero attached hydrogens (tertiary/aromatic N) is 2. The van der Waals surface area contributed by atoms with E-state index in [1.165, 1.54) is 0 Å². The summed E-state index contributed by atoms with van der Waals surface area (Å²) in [4.78, 5) is 4.13. The van der Waals surface area contributed by atoms with Gasteiger partial charge in [-0.1, -0.05) is 5.16 Å². The number of nitrogens with two attached hydrogens (primary N) is 1. The third kappa shape index (κ3) is 2.76. The fourth-order valence-corrected chi connectivity index (χ4v) is 0.991. The summed E-state index contributed by atoms with van der Waals surface area (Å²) in [5, 5.41) is 3.77. The van der Waals surface area contributed by atoms with E-state index in [1.54, 1.807) is 14.2 Å². The summed E-state index contributed by atoms with van der Waals surface area (Å²) >= 11 is 0. The van der Waals surface area contributed by atoms with Crippen molar-refractivity contribution in [1.82, 2.24) is 10.1 Å². The van der Waals surface area contributed by atoms with Crippen LogP contribution in [0.4, 0.5) is 0 Å². The molecule has 0 spiro atoms. The van der Waals surface area contributed by atoms with Crippen LogP contribution in [0.3, 0.4) is 0 Å². The smallest absolute Gasteiger partial charge is 0.257 e. The van der Waals surface area contributed by atoms with Crippen LogP contribution in [-0.2, 0) is 15.9 Å². The molecule has 0 radical (unpaired) electrons. The molecular formula is C8H15N3O3. The van der Waals surface area contributed by atoms with Crippen molar-refractivity contribution < 1.29 is 14.0 Å². The van der Waals surface area contributed by atoms with Gasteiger partial charge in [-0.3, -0.25) is 0 Å². The number of aromatic nitrogens is 2. The summed E-state index contributed by atoms with van der Waals surface area (Å²) in [6, 6.07) is 0. The van der Waals surface area contributed by atoms with E-state index in [2.05, 4.69) is 10.1 Å². The molecule has 0 bridgehead atoms. The molecule has 1 aromatic rings. The van der Waals surface area contributed by atoms with Crippen molar-refractivity contribution in [2.45, 2.75) is 12.5 Å². The topological polar surface area (TPSA) is 83.4 Å². The van der Waals surface area contributed by atoms with E-state index in [1.807, 2.05) is 0 Å². The van der Waals surface area contributed by atoms with Gasteiger partial charge in [-0.15, -0.1) is 0 Å². The predicted molar refractivity (Wildman–Crippen MR) is 48.7 cm³/mol. The lowest BCUT2D eigenvalue weighted by atomic mass is 10.3. The molecule has 2 N–H and O–H groups in total. The first-order valence-corrected chi connectivity index (χ1v) is 4.36. The molecule has 0 saturated heterocycles. The molecule has 0 aliphatic heterocycles. The van der Waals surface area contributed by atoms with E-state index in [-0.39, 0.29) is 6.10 Å². The van der Waals surface area contributed by atoms with E-state index in [9.17, 15) is 0 Å². The molecule has 1 unspecified atom stereocenters. The van der Waals surface area contributed by atoms with Crippen molar-refractivity contribution in [2.75, 3.05) is 27.4 Å². The monoisotopic (exact) mass is 201 g/mol. The van der Waals surface area contributed by atoms with Crippen LogP contribution in [0.2, 0.25) is 0 Å². The number of hydrogen-bond acceptors (Lipinski definition) is 6. The lowest BCUT2D eigenvalue weighted by molar-refractivity contribution is 0.0803. The van der Waals surface area contributed by atoms with Crippen molar-refractivity contribution >= 4 is 0 Å². The minimum atomic E-state index is -0.321. The first-order valence-electron chi connectivity index (χ1n) is 4.36. The van der Waals surface area contributed by atoms with Crippen molar-refractivity contribution in [2.24, 2.45) is 5.73 Å². The van der Waals surface area contributed by atoms with Crippen LogP contribution < -0.4 is 5.73 Å². The van der Waals surface area contributed by atoms with E-state index >= 15 is 0 Å². The number of methoxy groups -OCH3 is 2. The summed E-state index contributed by atoms with van der Waals surface area (Å²) < 4.78 is 14.9. The standard InChI is InChI=1S/C8H15N3O3/c1-12-4-3-7-10-8(14-11-7)6(5-9)13-2/h6H,3-5,9H2,1-2H3. The van der Waals surface area contributed by atoms with E-state index in [4.69, 9.17) is 19.7 Å². The molecule has 1 aromatic heterocycles. The van der Waals surface area contributed by atoms with Gasteiger partial charge in [0.15, 0.2) is 5.82 Å². The number of rotatable bonds is 6. The summed E-state index contributed by atoms with van der Waals surface area (Å²) in [5.41, 5.74) is 5.45. The molecule has 0 aliphatic carbocycles. The van der Waals surface area contributed by atoms with Crippen LogP contribution in [0.1, 0.15) is 17.8 Å². The molecule has 0 aliphatic rings. The molecule has 0 aromatic carbocycles. The normalized spacial score (nSPS) is 13.1. The molecule has 14 heavy (non-hydrogen) atoms. The zero-order valence-electron chi connectivity index (χ0n) is 8.40. The highest BCUT2D eigenvalue weighted by Crippen LogP contribution is 2.12. The van der Waals surface area contributed by atoms with Gasteiger partial charge in [0, 0.05) is 27.2 Å². The Hall–Kier alpha value is -0.980. The SMILES string of the molecule is COCCc1noc(C(CN)OC)n1. The summed E-state index contributed by atoms with van der Waals surface area (Å²) in [5.74, 6) is 1.03. The van der Waals surface area contributed by atoms with Gasteiger partial charge in [-0.05, 0) is 0 Å². The average Bonchev–Trinajstić information content (AvgIpc) is 2.65. The van der Waals surface area contributed by atoms with Gasteiger partial charge in [0.2, 0.25) is 0 Å². The zero-order chi connectivity index (χ0) is 10.4. The highest BCUT2D eigenvalue weighted by atomic mass is 16.5. The lowest BCUT2D eigenvalue weighted by Gasteiger charge is -2.05. The Balaban J connectivity index is 2.57. The van der Waals surface area contributed by atoms with Gasteiger partial charge in [-0.25, -0.2) is 0 Å². The minimum absolute atomic E-state index is 0.321. The van der Waals surface area contributed by atoms with Crippen LogP contribution in [0.25, 0.3) is 0 Å². The Morgan fingerprint density at radius 3 is 2.86 bits per heavy atom. The van der Waals surface area contributed by atoms with Gasteiger partial charge in [-0.2, -0.15) is 4.98 Å². The van der Waals surface area contributed by atoms with Crippen LogP contribution in [0.5, 0.6) is 0 Å². The summed E-state index contributed by atoms with van der Waals surface area (Å²) in [7, 11) is 3.18. The van der Waals surface area contributed by atoms with Gasteiger partial charge < -0.3 is 19.7 Å². The second-order valence-electron chi connectivity index (χ2n) is 2.75. The highest BCUT2D eigenvalue weighted by Gasteiger charge is 2.16. The molecule has 6 heteroatoms. The fourth-order valence-electron chi connectivity index (χ4n) is 0.991. The van der Waals surface area contributed by atoms with Crippen molar-refractivity contribution in [3.05, 3.63) is 11.7 Å². The maximum absolute atomic E-state index is 5.45. The lowest BCUT2D eigenvalue weighted by Crippen LogP contribution is -2.14. The quantitative estimate of drug-likeness (QED) is 0.692. The summed E-state index contributed by atoms with van der Waals surface area (Å²) in [6.07, 6.45) is 0.305. The van der Waals surface area contributed by atoms with Crippen molar-refractivity contribution in [1.29, 1.82) is 0 Å². The Bertz CT molecular complexity index is 260.